The van der Waals surface area contributed by atoms with Gasteiger partial charge in [0.25, 0.3) is 0 Å². The highest BCUT2D eigenvalue weighted by Gasteiger charge is 2.30. The molecule has 1 saturated heterocycles. The first kappa shape index (κ1) is 20.6. The minimum atomic E-state index is -0.803. The second-order valence-electron chi connectivity index (χ2n) is 6.57. The van der Waals surface area contributed by atoms with Crippen LogP contribution in [0.15, 0.2) is 30.3 Å². The number of hydrogen-bond donors (Lipinski definition) is 4. The van der Waals surface area contributed by atoms with Crippen molar-refractivity contribution in [1.29, 1.82) is 0 Å². The number of benzene rings is 1. The van der Waals surface area contributed by atoms with E-state index in [0.717, 1.165) is 12.0 Å². The zero-order valence-corrected chi connectivity index (χ0v) is 15.2. The number of nitrogens with one attached hydrogen (secondary N) is 3. The summed E-state index contributed by atoms with van der Waals surface area (Å²) in [4.78, 5) is 48.0. The molecule has 8 heteroatoms. The highest BCUT2D eigenvalue weighted by Crippen LogP contribution is 2.08. The summed E-state index contributed by atoms with van der Waals surface area (Å²) in [7, 11) is 0. The van der Waals surface area contributed by atoms with E-state index in [0.29, 0.717) is 19.4 Å². The summed E-state index contributed by atoms with van der Waals surface area (Å²) in [5, 5.41) is 7.60. The van der Waals surface area contributed by atoms with Gasteiger partial charge >= 0.3 is 0 Å². The second-order valence-corrected chi connectivity index (χ2v) is 6.57. The van der Waals surface area contributed by atoms with Crippen LogP contribution in [0.1, 0.15) is 37.7 Å². The van der Waals surface area contributed by atoms with Crippen LogP contribution in [0.4, 0.5) is 0 Å². The highest BCUT2D eigenvalue weighted by molar-refractivity contribution is 6.02. The van der Waals surface area contributed by atoms with Gasteiger partial charge in [-0.3, -0.25) is 24.5 Å². The molecule has 0 aliphatic carbocycles. The summed E-state index contributed by atoms with van der Waals surface area (Å²) in [5.74, 6) is -1.55. The molecule has 1 heterocycles. The lowest BCUT2D eigenvalue weighted by Crippen LogP contribution is -2.57. The monoisotopic (exact) mass is 374 g/mol. The van der Waals surface area contributed by atoms with E-state index >= 15 is 0 Å². The average Bonchev–Trinajstić information content (AvgIpc) is 2.64. The Bertz CT molecular complexity index is 678. The molecular weight excluding hydrogens is 348 g/mol. The van der Waals surface area contributed by atoms with E-state index < -0.39 is 23.9 Å². The first-order valence-corrected chi connectivity index (χ1v) is 9.17. The van der Waals surface area contributed by atoms with Crippen molar-refractivity contribution in [2.24, 2.45) is 5.73 Å². The number of rotatable bonds is 9. The number of unbranched alkanes of at least 4 members (excludes halogenated alkanes) is 1. The van der Waals surface area contributed by atoms with Gasteiger partial charge in [-0.25, -0.2) is 0 Å². The molecule has 0 spiro atoms. The molecule has 1 aromatic rings. The minimum absolute atomic E-state index is 0.172. The Balaban J connectivity index is 2.01. The number of imide groups is 1. The summed E-state index contributed by atoms with van der Waals surface area (Å²) >= 11 is 0. The lowest BCUT2D eigenvalue weighted by Gasteiger charge is -2.25. The third-order valence-electron chi connectivity index (χ3n) is 4.35. The second kappa shape index (κ2) is 10.4. The molecule has 27 heavy (non-hydrogen) atoms. The predicted octanol–water partition coefficient (Wildman–Crippen LogP) is -0.236. The Morgan fingerprint density at radius 3 is 2.59 bits per heavy atom. The Morgan fingerprint density at radius 1 is 1.19 bits per heavy atom. The third-order valence-corrected chi connectivity index (χ3v) is 4.35. The van der Waals surface area contributed by atoms with Gasteiger partial charge < -0.3 is 16.4 Å². The van der Waals surface area contributed by atoms with Crippen LogP contribution < -0.4 is 21.7 Å². The van der Waals surface area contributed by atoms with Gasteiger partial charge in [0, 0.05) is 19.3 Å². The summed E-state index contributed by atoms with van der Waals surface area (Å²) in [6.07, 6.45) is 2.40. The normalized spacial score (nSPS) is 17.7. The van der Waals surface area contributed by atoms with Crippen molar-refractivity contribution >= 4 is 23.6 Å². The lowest BCUT2D eigenvalue weighted by atomic mass is 10.0. The number of carbonyl (C=O) groups is 4. The van der Waals surface area contributed by atoms with Crippen molar-refractivity contribution in [2.75, 3.05) is 6.54 Å². The van der Waals surface area contributed by atoms with Crippen LogP contribution >= 0.6 is 0 Å². The van der Waals surface area contributed by atoms with E-state index in [-0.39, 0.29) is 31.1 Å². The van der Waals surface area contributed by atoms with Crippen molar-refractivity contribution in [2.45, 2.75) is 50.6 Å². The summed E-state index contributed by atoms with van der Waals surface area (Å²) in [5.41, 5.74) is 6.33. The van der Waals surface area contributed by atoms with Gasteiger partial charge in [0.2, 0.25) is 23.6 Å². The maximum absolute atomic E-state index is 12.7. The molecule has 1 aliphatic heterocycles. The van der Waals surface area contributed by atoms with Crippen LogP contribution in [0.2, 0.25) is 0 Å². The highest BCUT2D eigenvalue weighted by atomic mass is 16.2. The van der Waals surface area contributed by atoms with Crippen LogP contribution in [-0.4, -0.2) is 42.3 Å². The number of piperidine rings is 1. The third kappa shape index (κ3) is 6.82. The molecular formula is C19H26N4O4. The summed E-state index contributed by atoms with van der Waals surface area (Å²) in [6, 6.07) is 7.74. The molecule has 0 saturated carbocycles. The first-order valence-electron chi connectivity index (χ1n) is 9.17. The quantitative estimate of drug-likeness (QED) is 0.350. The van der Waals surface area contributed by atoms with Crippen LogP contribution in [0, 0.1) is 0 Å². The Hall–Kier alpha value is -2.74. The fourth-order valence-corrected chi connectivity index (χ4v) is 2.86. The number of nitrogens with two attached hydrogens (primary N) is 1. The zero-order valence-electron chi connectivity index (χ0n) is 15.2. The van der Waals surface area contributed by atoms with Crippen molar-refractivity contribution < 1.29 is 19.2 Å². The maximum Gasteiger partial charge on any atom is 0.249 e. The Kier molecular flexibility index (Phi) is 7.94. The van der Waals surface area contributed by atoms with E-state index in [1.165, 1.54) is 0 Å². The SMILES string of the molecule is NCCCCC(=O)NC(Cc1ccccc1)C(=O)N[C@H]1CCC(=O)NC1=O. The maximum atomic E-state index is 12.7. The van der Waals surface area contributed by atoms with Gasteiger partial charge in [-0.15, -0.1) is 0 Å². The molecule has 1 aliphatic rings. The van der Waals surface area contributed by atoms with E-state index in [1.807, 2.05) is 30.3 Å². The molecule has 2 atom stereocenters. The number of carbonyl (C=O) groups excluding carboxylic acids is 4. The zero-order chi connectivity index (χ0) is 19.6. The fraction of sp³-hybridized carbons (Fsp3) is 0.474. The standard InChI is InChI=1S/C19H26N4O4/c20-11-5-4-8-16(24)21-15(12-13-6-2-1-3-7-13)19(27)22-14-9-10-17(25)23-18(14)26/h1-3,6-7,14-15H,4-5,8-12,20H2,(H,21,24)(H,22,27)(H,23,25,26)/t14-,15?/m0/s1. The molecule has 0 radical (unpaired) electrons. The smallest absolute Gasteiger partial charge is 0.249 e. The first-order chi connectivity index (χ1) is 13.0. The van der Waals surface area contributed by atoms with Gasteiger partial charge in [0.1, 0.15) is 12.1 Å². The Morgan fingerprint density at radius 2 is 1.93 bits per heavy atom. The van der Waals surface area contributed by atoms with Crippen molar-refractivity contribution in [3.05, 3.63) is 35.9 Å². The van der Waals surface area contributed by atoms with E-state index in [4.69, 9.17) is 5.73 Å². The van der Waals surface area contributed by atoms with E-state index in [2.05, 4.69) is 16.0 Å². The van der Waals surface area contributed by atoms with Crippen molar-refractivity contribution in [1.82, 2.24) is 16.0 Å². The minimum Gasteiger partial charge on any atom is -0.344 e. The Labute approximate surface area is 158 Å². The molecule has 5 N–H and O–H groups in total. The molecule has 0 aromatic heterocycles. The molecule has 1 fully saturated rings. The summed E-state index contributed by atoms with van der Waals surface area (Å²) < 4.78 is 0. The molecule has 0 bridgehead atoms. The van der Waals surface area contributed by atoms with Crippen LogP contribution in [0.5, 0.6) is 0 Å². The molecule has 4 amide bonds. The van der Waals surface area contributed by atoms with Crippen LogP contribution in [0.25, 0.3) is 0 Å². The average molecular weight is 374 g/mol. The number of hydrogen-bond acceptors (Lipinski definition) is 5. The van der Waals surface area contributed by atoms with Gasteiger partial charge in [-0.05, 0) is 31.4 Å². The van der Waals surface area contributed by atoms with Crippen molar-refractivity contribution in [3.8, 4) is 0 Å². The van der Waals surface area contributed by atoms with Gasteiger partial charge in [-0.1, -0.05) is 30.3 Å². The molecule has 1 unspecified atom stereocenters. The number of amides is 4. The fourth-order valence-electron chi connectivity index (χ4n) is 2.86. The molecule has 2 rings (SSSR count). The topological polar surface area (TPSA) is 130 Å². The van der Waals surface area contributed by atoms with Gasteiger partial charge in [-0.2, -0.15) is 0 Å². The molecule has 1 aromatic carbocycles. The van der Waals surface area contributed by atoms with Gasteiger partial charge in [0.15, 0.2) is 0 Å². The largest absolute Gasteiger partial charge is 0.344 e. The summed E-state index contributed by atoms with van der Waals surface area (Å²) in [6.45, 7) is 0.511. The van der Waals surface area contributed by atoms with E-state index in [1.54, 1.807) is 0 Å². The van der Waals surface area contributed by atoms with Crippen molar-refractivity contribution in [3.63, 3.8) is 0 Å². The van der Waals surface area contributed by atoms with Gasteiger partial charge in [0.05, 0.1) is 0 Å². The predicted molar refractivity (Wildman–Crippen MR) is 99.3 cm³/mol. The molecule has 8 nitrogen and oxygen atoms in total. The van der Waals surface area contributed by atoms with Crippen LogP contribution in [-0.2, 0) is 25.6 Å². The molecule has 146 valence electrons. The van der Waals surface area contributed by atoms with E-state index in [9.17, 15) is 19.2 Å². The van der Waals surface area contributed by atoms with Crippen LogP contribution in [0.3, 0.4) is 0 Å². The lowest BCUT2D eigenvalue weighted by molar-refractivity contribution is -0.137.